The normalized spacial score (nSPS) is 17.6. The summed E-state index contributed by atoms with van der Waals surface area (Å²) in [6.45, 7) is 1.02. The molecular formula is C20H22ClN3O5S2. The van der Waals surface area contributed by atoms with Crippen molar-refractivity contribution in [2.24, 2.45) is 0 Å². The van der Waals surface area contributed by atoms with Crippen molar-refractivity contribution in [3.63, 3.8) is 0 Å². The summed E-state index contributed by atoms with van der Waals surface area (Å²) in [5.41, 5.74) is 0.509. The maximum Gasteiger partial charge on any atom is 0.255 e. The van der Waals surface area contributed by atoms with Crippen molar-refractivity contribution in [3.8, 4) is 0 Å². The second-order valence-electron chi connectivity index (χ2n) is 7.63. The van der Waals surface area contributed by atoms with Crippen LogP contribution in [0.15, 0.2) is 52.3 Å². The molecule has 8 nitrogen and oxygen atoms in total. The molecule has 1 saturated carbocycles. The zero-order valence-corrected chi connectivity index (χ0v) is 18.9. The average Bonchev–Trinajstić information content (AvgIpc) is 3.34. The van der Waals surface area contributed by atoms with E-state index in [1.807, 2.05) is 0 Å². The molecule has 1 amide bonds. The fourth-order valence-electron chi connectivity index (χ4n) is 3.33. The number of nitrogens with one attached hydrogen (secondary N) is 2. The monoisotopic (exact) mass is 483 g/mol. The van der Waals surface area contributed by atoms with Gasteiger partial charge in [-0.2, -0.15) is 4.31 Å². The smallest absolute Gasteiger partial charge is 0.255 e. The van der Waals surface area contributed by atoms with Crippen molar-refractivity contribution in [2.45, 2.75) is 41.5 Å². The minimum absolute atomic E-state index is 0.0289. The van der Waals surface area contributed by atoms with Crippen LogP contribution in [-0.4, -0.2) is 46.2 Å². The van der Waals surface area contributed by atoms with Gasteiger partial charge in [-0.05, 0) is 68.1 Å². The fourth-order valence-corrected chi connectivity index (χ4v) is 6.67. The van der Waals surface area contributed by atoms with E-state index in [1.165, 1.54) is 46.8 Å². The first kappa shape index (κ1) is 22.2. The first-order chi connectivity index (χ1) is 14.7. The molecule has 2 aliphatic rings. The number of sulfonamides is 2. The number of hydrogen-bond donors (Lipinski definition) is 2. The lowest BCUT2D eigenvalue weighted by atomic mass is 10.2. The van der Waals surface area contributed by atoms with E-state index in [0.29, 0.717) is 18.8 Å². The SMILES string of the molecule is O=C(Nc1ccc(S(=O)(=O)N2CCCC2)cc1)c1ccc(Cl)c(S(=O)(=O)NC2CC2)c1. The third kappa shape index (κ3) is 4.93. The van der Waals surface area contributed by atoms with E-state index >= 15 is 0 Å². The van der Waals surface area contributed by atoms with Crippen molar-refractivity contribution in [1.29, 1.82) is 0 Å². The average molecular weight is 484 g/mol. The molecule has 1 heterocycles. The molecule has 4 rings (SSSR count). The number of hydrogen-bond acceptors (Lipinski definition) is 5. The van der Waals surface area contributed by atoms with E-state index in [0.717, 1.165) is 25.7 Å². The zero-order valence-electron chi connectivity index (χ0n) is 16.5. The Labute approximate surface area is 186 Å². The molecule has 11 heteroatoms. The topological polar surface area (TPSA) is 113 Å². The van der Waals surface area contributed by atoms with Crippen LogP contribution in [0.4, 0.5) is 5.69 Å². The predicted molar refractivity (Wildman–Crippen MR) is 117 cm³/mol. The van der Waals surface area contributed by atoms with Gasteiger partial charge in [0.15, 0.2) is 0 Å². The van der Waals surface area contributed by atoms with Crippen molar-refractivity contribution in [2.75, 3.05) is 18.4 Å². The lowest BCUT2D eigenvalue weighted by molar-refractivity contribution is 0.102. The number of carbonyl (C=O) groups is 1. The highest BCUT2D eigenvalue weighted by molar-refractivity contribution is 7.89. The predicted octanol–water partition coefficient (Wildman–Crippen LogP) is 2.82. The third-order valence-corrected chi connectivity index (χ3v) is 9.11. The minimum Gasteiger partial charge on any atom is -0.322 e. The maximum absolute atomic E-state index is 12.6. The summed E-state index contributed by atoms with van der Waals surface area (Å²) in [6.07, 6.45) is 3.26. The van der Waals surface area contributed by atoms with Gasteiger partial charge in [-0.1, -0.05) is 11.6 Å². The molecule has 31 heavy (non-hydrogen) atoms. The third-order valence-electron chi connectivity index (χ3n) is 5.20. The van der Waals surface area contributed by atoms with Gasteiger partial charge in [0.2, 0.25) is 20.0 Å². The molecule has 2 aromatic carbocycles. The number of amides is 1. The highest BCUT2D eigenvalue weighted by atomic mass is 35.5. The van der Waals surface area contributed by atoms with Crippen LogP contribution in [0.2, 0.25) is 5.02 Å². The van der Waals surface area contributed by atoms with Crippen molar-refractivity contribution in [1.82, 2.24) is 9.03 Å². The second-order valence-corrected chi connectivity index (χ2v) is 11.7. The molecular weight excluding hydrogens is 462 g/mol. The molecule has 0 unspecified atom stereocenters. The molecule has 0 spiro atoms. The molecule has 2 fully saturated rings. The van der Waals surface area contributed by atoms with Gasteiger partial charge in [0, 0.05) is 30.4 Å². The lowest BCUT2D eigenvalue weighted by Crippen LogP contribution is -2.27. The van der Waals surface area contributed by atoms with Gasteiger partial charge >= 0.3 is 0 Å². The number of halogens is 1. The van der Waals surface area contributed by atoms with Gasteiger partial charge in [-0.25, -0.2) is 21.6 Å². The summed E-state index contributed by atoms with van der Waals surface area (Å²) >= 11 is 6.05. The summed E-state index contributed by atoms with van der Waals surface area (Å²) in [5.74, 6) is -0.533. The van der Waals surface area contributed by atoms with Crippen LogP contribution in [0, 0.1) is 0 Å². The first-order valence-corrected chi connectivity index (χ1v) is 13.2. The maximum atomic E-state index is 12.6. The summed E-state index contributed by atoms with van der Waals surface area (Å²) in [6, 6.07) is 9.83. The second kappa shape index (κ2) is 8.51. The zero-order chi connectivity index (χ0) is 22.2. The van der Waals surface area contributed by atoms with Crippen LogP contribution in [0.5, 0.6) is 0 Å². The molecule has 1 aliphatic carbocycles. The summed E-state index contributed by atoms with van der Waals surface area (Å²) in [4.78, 5) is 12.6. The molecule has 1 saturated heterocycles. The van der Waals surface area contributed by atoms with Gasteiger partial charge in [-0.15, -0.1) is 0 Å². The molecule has 166 valence electrons. The molecule has 0 radical (unpaired) electrons. The summed E-state index contributed by atoms with van der Waals surface area (Å²) in [5, 5.41) is 2.68. The number of carbonyl (C=O) groups excluding carboxylic acids is 1. The highest BCUT2D eigenvalue weighted by Gasteiger charge is 2.30. The van der Waals surface area contributed by atoms with Gasteiger partial charge in [0.1, 0.15) is 4.90 Å². The van der Waals surface area contributed by atoms with Crippen LogP contribution in [0.25, 0.3) is 0 Å². The quantitative estimate of drug-likeness (QED) is 0.628. The van der Waals surface area contributed by atoms with Gasteiger partial charge in [0.25, 0.3) is 5.91 Å². The molecule has 2 N–H and O–H groups in total. The van der Waals surface area contributed by atoms with Crippen LogP contribution in [0.3, 0.4) is 0 Å². The van der Waals surface area contributed by atoms with Crippen molar-refractivity contribution >= 4 is 43.2 Å². The van der Waals surface area contributed by atoms with Crippen LogP contribution in [-0.2, 0) is 20.0 Å². The number of nitrogens with zero attached hydrogens (tertiary/aromatic N) is 1. The molecule has 1 aliphatic heterocycles. The number of anilines is 1. The molecule has 2 aromatic rings. The largest absolute Gasteiger partial charge is 0.322 e. The Morgan fingerprint density at radius 1 is 0.968 bits per heavy atom. The number of rotatable bonds is 7. The van der Waals surface area contributed by atoms with Crippen LogP contribution in [0.1, 0.15) is 36.0 Å². The van der Waals surface area contributed by atoms with Gasteiger partial charge in [0.05, 0.1) is 9.92 Å². The Bertz CT molecular complexity index is 1200. The van der Waals surface area contributed by atoms with Crippen LogP contribution >= 0.6 is 11.6 Å². The van der Waals surface area contributed by atoms with Crippen molar-refractivity contribution < 1.29 is 21.6 Å². The standard InChI is InChI=1S/C20H22ClN3O5S2/c21-18-10-3-14(13-19(18)30(26,27)23-16-4-5-16)20(25)22-15-6-8-17(9-7-15)31(28,29)24-11-1-2-12-24/h3,6-10,13,16,23H,1-2,4-5,11-12H2,(H,22,25). The van der Waals surface area contributed by atoms with Crippen LogP contribution < -0.4 is 10.0 Å². The lowest BCUT2D eigenvalue weighted by Gasteiger charge is -2.15. The van der Waals surface area contributed by atoms with Crippen molar-refractivity contribution in [3.05, 3.63) is 53.1 Å². The Hall–Kier alpha value is -1.98. The Kier molecular flexibility index (Phi) is 6.10. The Balaban J connectivity index is 1.50. The van der Waals surface area contributed by atoms with E-state index in [2.05, 4.69) is 10.0 Å². The highest BCUT2D eigenvalue weighted by Crippen LogP contribution is 2.27. The van der Waals surface area contributed by atoms with E-state index < -0.39 is 26.0 Å². The Morgan fingerprint density at radius 2 is 1.61 bits per heavy atom. The molecule has 0 atom stereocenters. The first-order valence-electron chi connectivity index (χ1n) is 9.90. The van der Waals surface area contributed by atoms with Gasteiger partial charge < -0.3 is 5.32 Å². The number of benzene rings is 2. The Morgan fingerprint density at radius 3 is 2.23 bits per heavy atom. The van der Waals surface area contributed by atoms with E-state index in [-0.39, 0.29) is 26.4 Å². The van der Waals surface area contributed by atoms with E-state index in [4.69, 9.17) is 11.6 Å². The molecule has 0 bridgehead atoms. The molecule has 0 aromatic heterocycles. The van der Waals surface area contributed by atoms with Gasteiger partial charge in [-0.3, -0.25) is 4.79 Å². The van der Waals surface area contributed by atoms with E-state index in [1.54, 1.807) is 0 Å². The fraction of sp³-hybridized carbons (Fsp3) is 0.350. The van der Waals surface area contributed by atoms with E-state index in [9.17, 15) is 21.6 Å². The minimum atomic E-state index is -3.82. The summed E-state index contributed by atoms with van der Waals surface area (Å²) in [7, 11) is -7.36. The summed E-state index contributed by atoms with van der Waals surface area (Å²) < 4.78 is 54.2.